The number of nitrogens with one attached hydrogen (secondary N) is 2. The first-order valence-corrected chi connectivity index (χ1v) is 11.6. The number of fused-ring (bicyclic) bond motifs is 1. The molecule has 2 aromatic heterocycles. The van der Waals surface area contributed by atoms with Gasteiger partial charge >= 0.3 is 0 Å². The molecular weight excluding hydrogens is 467 g/mol. The molecule has 2 N–H and O–H groups in total. The van der Waals surface area contributed by atoms with Crippen molar-refractivity contribution >= 4 is 64.0 Å². The Morgan fingerprint density at radius 3 is 2.63 bits per heavy atom. The maximum absolute atomic E-state index is 12.8. The Balaban J connectivity index is 1.67. The first-order chi connectivity index (χ1) is 14.4. The number of imidazole rings is 1. The Labute approximate surface area is 193 Å². The molecule has 0 aliphatic heterocycles. The quantitative estimate of drug-likeness (QED) is 0.494. The zero-order chi connectivity index (χ0) is 21.7. The summed E-state index contributed by atoms with van der Waals surface area (Å²) in [5.74, 6) is -0.0163. The fourth-order valence-corrected chi connectivity index (χ4v) is 3.95. The number of nitrogens with zero attached hydrogens (tertiary/aromatic N) is 2. The number of carbonyl (C=O) groups excluding carboxylic acids is 2. The average Bonchev–Trinajstić information content (AvgIpc) is 3.11. The first kappa shape index (κ1) is 22.7. The molecule has 1 atom stereocenters. The van der Waals surface area contributed by atoms with Crippen molar-refractivity contribution in [2.75, 3.05) is 12.0 Å². The monoisotopic (exact) mass is 484 g/mol. The second-order valence-electron chi connectivity index (χ2n) is 6.49. The van der Waals surface area contributed by atoms with Crippen LogP contribution in [0.25, 0.3) is 5.65 Å². The van der Waals surface area contributed by atoms with Gasteiger partial charge in [0.15, 0.2) is 0 Å². The molecule has 0 fully saturated rings. The molecule has 0 saturated carbocycles. The van der Waals surface area contributed by atoms with Gasteiger partial charge in [-0.05, 0) is 48.8 Å². The van der Waals surface area contributed by atoms with Crippen LogP contribution < -0.4 is 10.6 Å². The largest absolute Gasteiger partial charge is 0.349 e. The normalized spacial score (nSPS) is 12.0. The Kier molecular flexibility index (Phi) is 7.88. The summed E-state index contributed by atoms with van der Waals surface area (Å²) in [6, 6.07) is 7.45. The predicted octanol–water partition coefficient (Wildman–Crippen LogP) is 4.46. The molecule has 158 valence electrons. The second-order valence-corrected chi connectivity index (χ2v) is 8.76. The van der Waals surface area contributed by atoms with Crippen LogP contribution in [0.15, 0.2) is 42.7 Å². The van der Waals surface area contributed by atoms with Crippen LogP contribution in [-0.2, 0) is 11.3 Å². The van der Waals surface area contributed by atoms with E-state index in [2.05, 4.69) is 15.6 Å². The lowest BCUT2D eigenvalue weighted by Crippen LogP contribution is -2.47. The van der Waals surface area contributed by atoms with Gasteiger partial charge in [0.1, 0.15) is 11.7 Å². The number of rotatable bonds is 8. The van der Waals surface area contributed by atoms with Gasteiger partial charge in [0.2, 0.25) is 5.91 Å². The zero-order valence-corrected chi connectivity index (χ0v) is 19.1. The van der Waals surface area contributed by atoms with E-state index in [4.69, 9.17) is 34.8 Å². The summed E-state index contributed by atoms with van der Waals surface area (Å²) < 4.78 is 1.79. The summed E-state index contributed by atoms with van der Waals surface area (Å²) in [6.45, 7) is 0.228. The molecule has 2 amide bonds. The molecule has 6 nitrogen and oxygen atoms in total. The predicted molar refractivity (Wildman–Crippen MR) is 123 cm³/mol. The molecule has 0 aliphatic carbocycles. The molecule has 1 unspecified atom stereocenters. The van der Waals surface area contributed by atoms with Gasteiger partial charge in [0.25, 0.3) is 5.91 Å². The number of pyridine rings is 1. The topological polar surface area (TPSA) is 75.5 Å². The van der Waals surface area contributed by atoms with E-state index in [-0.39, 0.29) is 23.0 Å². The van der Waals surface area contributed by atoms with Gasteiger partial charge in [0, 0.05) is 17.4 Å². The van der Waals surface area contributed by atoms with Gasteiger partial charge in [-0.15, -0.1) is 0 Å². The van der Waals surface area contributed by atoms with Crippen molar-refractivity contribution in [2.24, 2.45) is 0 Å². The molecule has 0 radical (unpaired) electrons. The SMILES string of the molecule is CSCCC(NC(=O)c1ccc(Cl)cc1Cl)C(=O)NCc1cn2cc(Cl)ccc2n1. The van der Waals surface area contributed by atoms with Crippen LogP contribution >= 0.6 is 46.6 Å². The van der Waals surface area contributed by atoms with Crippen molar-refractivity contribution < 1.29 is 9.59 Å². The van der Waals surface area contributed by atoms with E-state index in [1.165, 1.54) is 12.1 Å². The van der Waals surface area contributed by atoms with E-state index < -0.39 is 11.9 Å². The van der Waals surface area contributed by atoms with Crippen LogP contribution in [0.3, 0.4) is 0 Å². The highest BCUT2D eigenvalue weighted by Gasteiger charge is 2.22. The zero-order valence-electron chi connectivity index (χ0n) is 16.0. The average molecular weight is 486 g/mol. The molecule has 1 aromatic carbocycles. The van der Waals surface area contributed by atoms with Crippen molar-refractivity contribution in [2.45, 2.75) is 19.0 Å². The number of carbonyl (C=O) groups is 2. The second kappa shape index (κ2) is 10.4. The van der Waals surface area contributed by atoms with E-state index in [1.807, 2.05) is 6.26 Å². The Hall–Kier alpha value is -1.93. The lowest BCUT2D eigenvalue weighted by atomic mass is 10.1. The van der Waals surface area contributed by atoms with Crippen molar-refractivity contribution in [3.05, 3.63) is 69.1 Å². The van der Waals surface area contributed by atoms with Crippen LogP contribution in [0.4, 0.5) is 0 Å². The lowest BCUT2D eigenvalue weighted by Gasteiger charge is -2.18. The van der Waals surface area contributed by atoms with E-state index in [9.17, 15) is 9.59 Å². The number of benzene rings is 1. The molecular formula is C20H19Cl3N4O2S. The van der Waals surface area contributed by atoms with Gasteiger partial charge in [-0.2, -0.15) is 11.8 Å². The number of hydrogen-bond donors (Lipinski definition) is 2. The highest BCUT2D eigenvalue weighted by Crippen LogP contribution is 2.21. The van der Waals surface area contributed by atoms with Gasteiger partial charge < -0.3 is 15.0 Å². The summed E-state index contributed by atoms with van der Waals surface area (Å²) in [4.78, 5) is 29.8. The number of amides is 2. The van der Waals surface area contributed by atoms with Crippen LogP contribution in [0.2, 0.25) is 15.1 Å². The number of aromatic nitrogens is 2. The van der Waals surface area contributed by atoms with Crippen LogP contribution in [-0.4, -0.2) is 39.2 Å². The fraction of sp³-hybridized carbons (Fsp3) is 0.250. The van der Waals surface area contributed by atoms with Crippen LogP contribution in [0.1, 0.15) is 22.5 Å². The van der Waals surface area contributed by atoms with Crippen molar-refractivity contribution in [3.63, 3.8) is 0 Å². The van der Waals surface area contributed by atoms with Crippen molar-refractivity contribution in [3.8, 4) is 0 Å². The maximum Gasteiger partial charge on any atom is 0.253 e. The van der Waals surface area contributed by atoms with Gasteiger partial charge in [-0.1, -0.05) is 34.8 Å². The molecule has 30 heavy (non-hydrogen) atoms. The van der Waals surface area contributed by atoms with E-state index >= 15 is 0 Å². The minimum atomic E-state index is -0.705. The van der Waals surface area contributed by atoms with Gasteiger partial charge in [-0.25, -0.2) is 4.98 Å². The highest BCUT2D eigenvalue weighted by molar-refractivity contribution is 7.98. The molecule has 0 saturated heterocycles. The van der Waals surface area contributed by atoms with E-state index in [0.717, 1.165) is 5.65 Å². The summed E-state index contributed by atoms with van der Waals surface area (Å²) >= 11 is 19.6. The lowest BCUT2D eigenvalue weighted by molar-refractivity contribution is -0.123. The molecule has 0 bridgehead atoms. The third-order valence-corrected chi connectivity index (χ3v) is 5.73. The number of halogens is 3. The summed E-state index contributed by atoms with van der Waals surface area (Å²) in [5.41, 5.74) is 1.68. The molecule has 0 spiro atoms. The molecule has 2 heterocycles. The van der Waals surface area contributed by atoms with E-state index in [1.54, 1.807) is 46.8 Å². The third-order valence-electron chi connectivity index (χ3n) is 4.32. The maximum atomic E-state index is 12.8. The molecule has 3 rings (SSSR count). The molecule has 0 aliphatic rings. The Morgan fingerprint density at radius 2 is 1.90 bits per heavy atom. The third kappa shape index (κ3) is 5.82. The molecule has 3 aromatic rings. The van der Waals surface area contributed by atoms with Crippen LogP contribution in [0, 0.1) is 0 Å². The number of hydrogen-bond acceptors (Lipinski definition) is 4. The smallest absolute Gasteiger partial charge is 0.253 e. The summed E-state index contributed by atoms with van der Waals surface area (Å²) in [7, 11) is 0. The standard InChI is InChI=1S/C20H19Cl3N4O2S/c1-30-7-6-17(26-19(28)15-4-2-12(21)8-16(15)23)20(29)24-9-14-11-27-10-13(22)3-5-18(27)25-14/h2-5,8,10-11,17H,6-7,9H2,1H3,(H,24,29)(H,26,28). The minimum Gasteiger partial charge on any atom is -0.349 e. The van der Waals surface area contributed by atoms with E-state index in [0.29, 0.717) is 27.9 Å². The van der Waals surface area contributed by atoms with Gasteiger partial charge in [0.05, 0.1) is 27.8 Å². The first-order valence-electron chi connectivity index (χ1n) is 9.03. The molecule has 10 heteroatoms. The summed E-state index contributed by atoms with van der Waals surface area (Å²) in [5, 5.41) is 6.86. The Morgan fingerprint density at radius 1 is 1.13 bits per heavy atom. The highest BCUT2D eigenvalue weighted by atomic mass is 35.5. The van der Waals surface area contributed by atoms with Crippen molar-refractivity contribution in [1.82, 2.24) is 20.0 Å². The van der Waals surface area contributed by atoms with Crippen molar-refractivity contribution in [1.29, 1.82) is 0 Å². The minimum absolute atomic E-state index is 0.228. The summed E-state index contributed by atoms with van der Waals surface area (Å²) in [6.07, 6.45) is 5.95. The van der Waals surface area contributed by atoms with Crippen LogP contribution in [0.5, 0.6) is 0 Å². The Bertz CT molecular complexity index is 1070. The van der Waals surface area contributed by atoms with Gasteiger partial charge in [-0.3, -0.25) is 9.59 Å². The number of thioether (sulfide) groups is 1. The fourth-order valence-electron chi connectivity index (χ4n) is 2.82.